The van der Waals surface area contributed by atoms with Crippen molar-refractivity contribution in [1.82, 2.24) is 15.3 Å². The maximum absolute atomic E-state index is 12.0. The van der Waals surface area contributed by atoms with Crippen LogP contribution < -0.4 is 11.1 Å². The van der Waals surface area contributed by atoms with Crippen molar-refractivity contribution in [2.24, 2.45) is 0 Å². The van der Waals surface area contributed by atoms with Gasteiger partial charge in [0.1, 0.15) is 5.03 Å². The number of carbonyl (C=O) groups excluding carboxylic acids is 1. The zero-order valence-corrected chi connectivity index (χ0v) is 12.9. The van der Waals surface area contributed by atoms with Crippen molar-refractivity contribution in [3.8, 4) is 0 Å². The van der Waals surface area contributed by atoms with Crippen molar-refractivity contribution in [2.75, 3.05) is 11.5 Å². The number of benzene rings is 1. The molecule has 6 heteroatoms. The number of nitrogen functional groups attached to an aromatic ring is 1. The van der Waals surface area contributed by atoms with Crippen molar-refractivity contribution >= 4 is 23.5 Å². The van der Waals surface area contributed by atoms with Crippen LogP contribution in [0.3, 0.4) is 0 Å². The van der Waals surface area contributed by atoms with Gasteiger partial charge in [0, 0.05) is 12.4 Å². The molecule has 110 valence electrons. The van der Waals surface area contributed by atoms with Gasteiger partial charge in [0.05, 0.1) is 11.8 Å². The van der Waals surface area contributed by atoms with E-state index in [1.54, 1.807) is 6.20 Å². The van der Waals surface area contributed by atoms with E-state index in [4.69, 9.17) is 5.73 Å². The lowest BCUT2D eigenvalue weighted by molar-refractivity contribution is -0.119. The van der Waals surface area contributed by atoms with E-state index in [2.05, 4.69) is 15.3 Å². The molecule has 3 N–H and O–H groups in total. The summed E-state index contributed by atoms with van der Waals surface area (Å²) in [4.78, 5) is 20.0. The van der Waals surface area contributed by atoms with Gasteiger partial charge in [-0.15, -0.1) is 0 Å². The fraction of sp³-hybridized carbons (Fsp3) is 0.267. The van der Waals surface area contributed by atoms with Crippen LogP contribution in [0.2, 0.25) is 0 Å². The van der Waals surface area contributed by atoms with Gasteiger partial charge in [-0.25, -0.2) is 9.97 Å². The van der Waals surface area contributed by atoms with Gasteiger partial charge in [-0.3, -0.25) is 4.79 Å². The Morgan fingerprint density at radius 3 is 2.76 bits per heavy atom. The van der Waals surface area contributed by atoms with Crippen LogP contribution in [0.5, 0.6) is 0 Å². The maximum Gasteiger partial charge on any atom is 0.230 e. The molecule has 5 nitrogen and oxygen atoms in total. The van der Waals surface area contributed by atoms with Gasteiger partial charge >= 0.3 is 0 Å². The van der Waals surface area contributed by atoms with Crippen LogP contribution in [0, 0.1) is 6.92 Å². The number of nitrogens with two attached hydrogens (primary N) is 1. The summed E-state index contributed by atoms with van der Waals surface area (Å²) in [6.45, 7) is 4.01. The molecule has 0 spiro atoms. The molecule has 1 aromatic heterocycles. The number of nitrogens with zero attached hydrogens (tertiary/aromatic N) is 2. The average Bonchev–Trinajstić information content (AvgIpc) is 2.46. The fourth-order valence-corrected chi connectivity index (χ4v) is 2.70. The summed E-state index contributed by atoms with van der Waals surface area (Å²) in [6, 6.07) is 7.99. The number of rotatable bonds is 5. The molecule has 0 aliphatic carbocycles. The van der Waals surface area contributed by atoms with Gasteiger partial charge in [0.25, 0.3) is 0 Å². The lowest BCUT2D eigenvalue weighted by atomic mass is 10.0. The van der Waals surface area contributed by atoms with E-state index in [9.17, 15) is 4.79 Å². The number of amides is 1. The van der Waals surface area contributed by atoms with Gasteiger partial charge in [-0.05, 0) is 25.0 Å². The van der Waals surface area contributed by atoms with E-state index < -0.39 is 0 Å². The second-order valence-corrected chi connectivity index (χ2v) is 5.65. The van der Waals surface area contributed by atoms with Crippen molar-refractivity contribution < 1.29 is 4.79 Å². The van der Waals surface area contributed by atoms with E-state index in [-0.39, 0.29) is 17.7 Å². The molecular formula is C15H18N4OS. The normalized spacial score (nSPS) is 11.9. The second-order valence-electron chi connectivity index (χ2n) is 4.68. The van der Waals surface area contributed by atoms with Crippen molar-refractivity contribution in [1.29, 1.82) is 0 Å². The largest absolute Gasteiger partial charge is 0.381 e. The first-order valence-electron chi connectivity index (χ1n) is 6.62. The number of anilines is 1. The summed E-state index contributed by atoms with van der Waals surface area (Å²) in [5, 5.41) is 3.56. The first kappa shape index (κ1) is 15.3. The van der Waals surface area contributed by atoms with Crippen molar-refractivity contribution in [2.45, 2.75) is 24.9 Å². The Balaban J connectivity index is 1.90. The number of aromatic nitrogens is 2. The number of nitrogens with one attached hydrogen (secondary N) is 1. The first-order valence-corrected chi connectivity index (χ1v) is 7.60. The molecule has 0 aliphatic heterocycles. The molecule has 1 heterocycles. The third-order valence-electron chi connectivity index (χ3n) is 3.06. The summed E-state index contributed by atoms with van der Waals surface area (Å²) in [6.07, 6.45) is 3.09. The number of aryl methyl sites for hydroxylation is 1. The molecule has 0 aliphatic rings. The summed E-state index contributed by atoms with van der Waals surface area (Å²) in [7, 11) is 0. The zero-order valence-electron chi connectivity index (χ0n) is 12.0. The summed E-state index contributed by atoms with van der Waals surface area (Å²) < 4.78 is 0. The maximum atomic E-state index is 12.0. The summed E-state index contributed by atoms with van der Waals surface area (Å²) in [5.41, 5.74) is 7.98. The van der Waals surface area contributed by atoms with E-state index in [0.717, 1.165) is 11.1 Å². The standard InChI is InChI=1S/C15H18N4OS/c1-10-5-3-4-6-12(10)11(2)19-13(20)9-21-15-14(16)17-7-8-18-15/h3-8,11H,9H2,1-2H3,(H2,16,17)(H,19,20). The van der Waals surface area contributed by atoms with Crippen molar-refractivity contribution in [3.63, 3.8) is 0 Å². The van der Waals surface area contributed by atoms with Crippen molar-refractivity contribution in [3.05, 3.63) is 47.8 Å². The smallest absolute Gasteiger partial charge is 0.230 e. The average molecular weight is 302 g/mol. The Kier molecular flexibility index (Phi) is 5.16. The Morgan fingerprint density at radius 1 is 1.33 bits per heavy atom. The quantitative estimate of drug-likeness (QED) is 0.829. The third-order valence-corrected chi connectivity index (χ3v) is 4.06. The summed E-state index contributed by atoms with van der Waals surface area (Å²) in [5.74, 6) is 0.558. The molecule has 1 unspecified atom stereocenters. The molecule has 0 bridgehead atoms. The van der Waals surface area contributed by atoms with Crippen LogP contribution in [-0.4, -0.2) is 21.6 Å². The first-order chi connectivity index (χ1) is 10.1. The monoisotopic (exact) mass is 302 g/mol. The van der Waals surface area contributed by atoms with Gasteiger partial charge in [0.2, 0.25) is 5.91 Å². The van der Waals surface area contributed by atoms with Crippen LogP contribution in [0.15, 0.2) is 41.7 Å². The molecule has 2 rings (SSSR count). The molecule has 1 amide bonds. The highest BCUT2D eigenvalue weighted by atomic mass is 32.2. The molecule has 1 aromatic carbocycles. The molecule has 1 atom stereocenters. The molecule has 0 radical (unpaired) electrons. The number of hydrogen-bond donors (Lipinski definition) is 2. The predicted molar refractivity (Wildman–Crippen MR) is 84.9 cm³/mol. The Morgan fingerprint density at radius 2 is 2.05 bits per heavy atom. The SMILES string of the molecule is Cc1ccccc1C(C)NC(=O)CSc1nccnc1N. The second kappa shape index (κ2) is 7.08. The van der Waals surface area contributed by atoms with E-state index in [0.29, 0.717) is 10.8 Å². The highest BCUT2D eigenvalue weighted by molar-refractivity contribution is 8.00. The van der Waals surface area contributed by atoms with Crippen LogP contribution >= 0.6 is 11.8 Å². The van der Waals surface area contributed by atoms with E-state index in [1.807, 2.05) is 38.1 Å². The molecular weight excluding hydrogens is 284 g/mol. The molecule has 0 saturated heterocycles. The zero-order chi connectivity index (χ0) is 15.2. The van der Waals surface area contributed by atoms with Crippen LogP contribution in [-0.2, 0) is 4.79 Å². The molecule has 0 saturated carbocycles. The third kappa shape index (κ3) is 4.19. The number of thioether (sulfide) groups is 1. The lowest BCUT2D eigenvalue weighted by Gasteiger charge is -2.16. The minimum atomic E-state index is -0.0548. The van der Waals surface area contributed by atoms with Gasteiger partial charge < -0.3 is 11.1 Å². The minimum Gasteiger partial charge on any atom is -0.381 e. The van der Waals surface area contributed by atoms with Crippen LogP contribution in [0.4, 0.5) is 5.82 Å². The molecule has 21 heavy (non-hydrogen) atoms. The van der Waals surface area contributed by atoms with Crippen LogP contribution in [0.25, 0.3) is 0 Å². The van der Waals surface area contributed by atoms with E-state index in [1.165, 1.54) is 18.0 Å². The predicted octanol–water partition coefficient (Wildman–Crippen LogP) is 2.34. The molecule has 0 fully saturated rings. The van der Waals surface area contributed by atoms with E-state index >= 15 is 0 Å². The number of carbonyl (C=O) groups is 1. The van der Waals surface area contributed by atoms with Gasteiger partial charge in [-0.1, -0.05) is 36.0 Å². The Labute approximate surface area is 128 Å². The van der Waals surface area contributed by atoms with Gasteiger partial charge in [0.15, 0.2) is 5.82 Å². The Hall–Kier alpha value is -2.08. The summed E-state index contributed by atoms with van der Waals surface area (Å²) >= 11 is 1.29. The van der Waals surface area contributed by atoms with Crippen LogP contribution in [0.1, 0.15) is 24.1 Å². The topological polar surface area (TPSA) is 80.9 Å². The Bertz CT molecular complexity index is 633. The fourth-order valence-electron chi connectivity index (χ4n) is 2.01. The lowest BCUT2D eigenvalue weighted by Crippen LogP contribution is -2.28. The number of hydrogen-bond acceptors (Lipinski definition) is 5. The minimum absolute atomic E-state index is 0.0292. The molecule has 2 aromatic rings. The van der Waals surface area contributed by atoms with Gasteiger partial charge in [-0.2, -0.15) is 0 Å². The highest BCUT2D eigenvalue weighted by Gasteiger charge is 2.12. The highest BCUT2D eigenvalue weighted by Crippen LogP contribution is 2.20.